The van der Waals surface area contributed by atoms with Gasteiger partial charge in [0.05, 0.1) is 17.5 Å². The van der Waals surface area contributed by atoms with Crippen LogP contribution in [0.4, 0.5) is 10.1 Å². The van der Waals surface area contributed by atoms with Gasteiger partial charge in [0.15, 0.2) is 11.6 Å². The summed E-state index contributed by atoms with van der Waals surface area (Å²) < 4.78 is 19.9. The van der Waals surface area contributed by atoms with E-state index in [9.17, 15) is 9.50 Å². The van der Waals surface area contributed by atoms with Crippen molar-refractivity contribution in [3.63, 3.8) is 0 Å². The third-order valence-corrected chi connectivity index (χ3v) is 4.94. The van der Waals surface area contributed by atoms with Crippen molar-refractivity contribution in [2.45, 2.75) is 37.9 Å². The van der Waals surface area contributed by atoms with Gasteiger partial charge in [-0.05, 0) is 51.4 Å². The molecule has 1 heterocycles. The van der Waals surface area contributed by atoms with Gasteiger partial charge in [-0.25, -0.2) is 4.39 Å². The number of aliphatic hydroxyl groups excluding tert-OH is 2. The Morgan fingerprint density at radius 3 is 2.41 bits per heavy atom. The van der Waals surface area contributed by atoms with Crippen molar-refractivity contribution < 1.29 is 70.7 Å². The number of terminal acetylenes is 1. The molecular weight excluding hydrogens is 440 g/mol. The number of nitrogens with one attached hydrogen (secondary N) is 2. The maximum Gasteiger partial charge on any atom is 1.00 e. The fourth-order valence-corrected chi connectivity index (χ4v) is 3.00. The zero-order chi connectivity index (χ0) is 23.8. The predicted octanol–water partition coefficient (Wildman–Crippen LogP) is -0.500. The monoisotopic (exact) mass is 471 g/mol. The van der Waals surface area contributed by atoms with Crippen molar-refractivity contribution in [1.82, 2.24) is 4.90 Å². The van der Waals surface area contributed by atoms with Crippen LogP contribution in [-0.2, 0) is 0 Å². The Kier molecular flexibility index (Phi) is 13.3. The first kappa shape index (κ1) is 30.5. The van der Waals surface area contributed by atoms with Gasteiger partial charge in [0, 0.05) is 24.4 Å². The molecule has 1 saturated heterocycles. The van der Waals surface area contributed by atoms with Crippen LogP contribution in [0.1, 0.15) is 31.7 Å². The first-order valence-electron chi connectivity index (χ1n) is 9.71. The van der Waals surface area contributed by atoms with E-state index >= 15 is 0 Å². The first-order chi connectivity index (χ1) is 14.7. The molecule has 2 fully saturated rings. The topological polar surface area (TPSA) is 141 Å². The number of nitrogen functional groups attached to an aromatic ring is 1. The maximum absolute atomic E-state index is 14.2. The van der Waals surface area contributed by atoms with E-state index < -0.39 is 11.9 Å². The molecule has 1 aromatic rings. The molecule has 3 rings (SSSR count). The minimum absolute atomic E-state index is 0. The van der Waals surface area contributed by atoms with Gasteiger partial charge in [0.1, 0.15) is 5.60 Å². The first-order valence-corrected chi connectivity index (χ1v) is 9.71. The number of nitrogens with zero attached hydrogens (tertiary/aromatic N) is 2. The van der Waals surface area contributed by atoms with E-state index in [-0.39, 0.29) is 85.4 Å². The number of anilines is 1. The average Bonchev–Trinajstić information content (AvgIpc) is 3.34. The summed E-state index contributed by atoms with van der Waals surface area (Å²) in [4.78, 5) is 1.86. The number of benzene rings is 1. The summed E-state index contributed by atoms with van der Waals surface area (Å²) in [5.74, 6) is -0.0118. The fourth-order valence-electron chi connectivity index (χ4n) is 3.00. The van der Waals surface area contributed by atoms with Gasteiger partial charge < -0.3 is 30.9 Å². The number of hydrogen-bond donors (Lipinski definition) is 5. The van der Waals surface area contributed by atoms with Gasteiger partial charge >= 0.3 is 51.4 Å². The quantitative estimate of drug-likeness (QED) is 0.158. The van der Waals surface area contributed by atoms with Gasteiger partial charge in [-0.15, -0.1) is 12.8 Å². The molecule has 2 aliphatic rings. The minimum Gasteiger partial charge on any atom is -0.484 e. The van der Waals surface area contributed by atoms with E-state index in [4.69, 9.17) is 26.4 Å². The largest absolute Gasteiger partial charge is 1.00 e. The fraction of sp³-hybridized carbons (Fsp3) is 0.455. The summed E-state index contributed by atoms with van der Waals surface area (Å²) in [7, 11) is 2.60. The summed E-state index contributed by atoms with van der Waals surface area (Å²) in [5, 5.41) is 37.4. The van der Waals surface area contributed by atoms with Crippen molar-refractivity contribution in [3.05, 3.63) is 40.7 Å². The van der Waals surface area contributed by atoms with E-state index in [1.54, 1.807) is 7.05 Å². The second-order valence-electron chi connectivity index (χ2n) is 7.33. The number of ether oxygens (including phenoxy) is 1. The molecule has 32 heavy (non-hydrogen) atoms. The number of likely N-dealkylation sites (tertiary alicyclic amines) is 1. The molecule has 1 atom stereocenters. The van der Waals surface area contributed by atoms with Gasteiger partial charge in [-0.3, -0.25) is 10.8 Å². The van der Waals surface area contributed by atoms with E-state index in [0.29, 0.717) is 25.3 Å². The van der Waals surface area contributed by atoms with Crippen LogP contribution in [0.15, 0.2) is 24.0 Å². The second kappa shape index (κ2) is 13.9. The number of β-amino-alcohol motifs (C(OH)–C–C–N with tert-alkyl or cyclic N) is 1. The van der Waals surface area contributed by atoms with Crippen LogP contribution in [0.2, 0.25) is 0 Å². The van der Waals surface area contributed by atoms with Crippen LogP contribution >= 0.6 is 0 Å². The number of allylic oxidation sites excluding steroid dienone is 1. The van der Waals surface area contributed by atoms with Crippen LogP contribution in [0.5, 0.6) is 5.75 Å². The average molecular weight is 472 g/mol. The summed E-state index contributed by atoms with van der Waals surface area (Å²) in [5.41, 5.74) is 5.61. The summed E-state index contributed by atoms with van der Waals surface area (Å²) >= 11 is 0. The molecule has 1 aromatic carbocycles. The van der Waals surface area contributed by atoms with E-state index in [0.717, 1.165) is 26.0 Å². The maximum atomic E-state index is 14.2. The summed E-state index contributed by atoms with van der Waals surface area (Å²) in [6.45, 7) is 2.98. The Morgan fingerprint density at radius 2 is 1.94 bits per heavy atom. The molecule has 0 bridgehead atoms. The Morgan fingerprint density at radius 1 is 1.34 bits per heavy atom. The molecule has 170 valence electrons. The van der Waals surface area contributed by atoms with Crippen molar-refractivity contribution in [2.24, 2.45) is 0 Å². The van der Waals surface area contributed by atoms with E-state index in [2.05, 4.69) is 18.2 Å². The number of hydrogen-bond acceptors (Lipinski definition) is 7. The summed E-state index contributed by atoms with van der Waals surface area (Å²) in [6.07, 6.45) is 11.4. The van der Waals surface area contributed by atoms with Crippen LogP contribution in [0.3, 0.4) is 0 Å². The minimum atomic E-state index is -0.574. The Balaban J connectivity index is 0.00000182. The molecule has 0 amide bonds. The number of halogens is 1. The van der Waals surface area contributed by atoms with Gasteiger partial charge in [-0.1, -0.05) is 12.9 Å². The number of nitrogens with two attached hydrogens (primary N) is 1. The molecule has 0 aromatic heterocycles. The smallest absolute Gasteiger partial charge is 0.484 e. The Labute approximate surface area is 231 Å². The molecule has 1 aliphatic heterocycles. The molecule has 0 unspecified atom stereocenters. The van der Waals surface area contributed by atoms with Gasteiger partial charge in [0.2, 0.25) is 0 Å². The van der Waals surface area contributed by atoms with Crippen molar-refractivity contribution >= 4 is 17.1 Å². The molecular formula is C22H31FKN5O3. The van der Waals surface area contributed by atoms with Crippen LogP contribution in [-0.4, -0.2) is 65.5 Å². The van der Waals surface area contributed by atoms with Crippen molar-refractivity contribution in [2.75, 3.05) is 33.0 Å². The molecule has 1 saturated carbocycles. The summed E-state index contributed by atoms with van der Waals surface area (Å²) in [6, 6.07) is 2.52. The van der Waals surface area contributed by atoms with Crippen LogP contribution in [0, 0.1) is 29.5 Å². The second-order valence-corrected chi connectivity index (χ2v) is 7.33. The van der Waals surface area contributed by atoms with E-state index in [1.165, 1.54) is 12.1 Å². The molecule has 6 N–H and O–H groups in total. The SMILES string of the molecule is C#C.CO.C[N-]/C(=C\C(=N)C(=N)c1cc(OC2(C)CC2)c(F)cc1N)N1CC[C@@H](O)C1.[K+]. The third-order valence-electron chi connectivity index (χ3n) is 4.94. The predicted molar refractivity (Wildman–Crippen MR) is 121 cm³/mol. The van der Waals surface area contributed by atoms with Gasteiger partial charge in [0.25, 0.3) is 0 Å². The van der Waals surface area contributed by atoms with Crippen LogP contribution < -0.4 is 61.9 Å². The van der Waals surface area contributed by atoms with Crippen molar-refractivity contribution in [1.29, 1.82) is 10.8 Å². The standard InChI is InChI=1S/C19H25FN5O2.C2H2.CH4O.K/c1-19(4-5-19)27-16-7-12(14(21)8-13(16)20)18(23)15(22)9-17(24-2)25-6-3-11(26)10-25;2*1-2;/h7-9,11,22-23,26H,3-6,10,21H2,1-2H3;1-2H;2H,1H3;/q-1;;;+1/b17-9+,22-15?,23-18?;;;/t11-;;;/m1.../s1. The molecule has 1 aliphatic carbocycles. The normalized spacial score (nSPS) is 18.1. The number of aliphatic hydroxyl groups is 2. The molecule has 0 radical (unpaired) electrons. The zero-order valence-electron chi connectivity index (χ0n) is 19.2. The van der Waals surface area contributed by atoms with Crippen molar-refractivity contribution in [3.8, 4) is 18.6 Å². The molecule has 0 spiro atoms. The number of rotatable bonds is 7. The Hall–Kier alpha value is -1.45. The van der Waals surface area contributed by atoms with Crippen LogP contribution in [0.25, 0.3) is 5.32 Å². The Bertz CT molecular complexity index is 855. The molecule has 10 heteroatoms. The molecule has 8 nitrogen and oxygen atoms in total. The zero-order valence-corrected chi connectivity index (χ0v) is 22.3. The third kappa shape index (κ3) is 8.15. The van der Waals surface area contributed by atoms with Gasteiger partial charge in [-0.2, -0.15) is 0 Å². The van der Waals surface area contributed by atoms with E-state index in [1.807, 2.05) is 11.8 Å².